The minimum Gasteiger partial charge on any atom is -0.390 e. The molecule has 0 unspecified atom stereocenters. The predicted molar refractivity (Wildman–Crippen MR) is 102 cm³/mol. The van der Waals surface area contributed by atoms with Gasteiger partial charge in [0.25, 0.3) is 0 Å². The van der Waals surface area contributed by atoms with Crippen LogP contribution in [0.5, 0.6) is 0 Å². The topological polar surface area (TPSA) is 120 Å². The van der Waals surface area contributed by atoms with E-state index in [2.05, 4.69) is 25.6 Å². The van der Waals surface area contributed by atoms with Crippen molar-refractivity contribution in [3.05, 3.63) is 17.7 Å². The SMILES string of the molecule is CNc1nc(C(F)(F)F)c(-c2nc(N[C@@H]3CCN(S(C)(=O)=O)C[C@H]3O)ncc2F)s1. The van der Waals surface area contributed by atoms with Crippen LogP contribution in [0.15, 0.2) is 6.20 Å². The van der Waals surface area contributed by atoms with Crippen LogP contribution < -0.4 is 10.6 Å². The predicted octanol–water partition coefficient (Wildman–Crippen LogP) is 1.61. The normalized spacial score (nSPS) is 20.9. The summed E-state index contributed by atoms with van der Waals surface area (Å²) in [6, 6.07) is -0.669. The van der Waals surface area contributed by atoms with Crippen LogP contribution in [0.2, 0.25) is 0 Å². The molecule has 0 aromatic carbocycles. The van der Waals surface area contributed by atoms with Crippen molar-refractivity contribution >= 4 is 32.4 Å². The van der Waals surface area contributed by atoms with Crippen LogP contribution in [0.4, 0.5) is 28.6 Å². The Bertz CT molecular complexity index is 1030. The van der Waals surface area contributed by atoms with Crippen LogP contribution >= 0.6 is 11.3 Å². The Morgan fingerprint density at radius 2 is 2.03 bits per heavy atom. The van der Waals surface area contributed by atoms with E-state index in [0.717, 1.165) is 16.8 Å². The molecule has 15 heteroatoms. The van der Waals surface area contributed by atoms with E-state index in [-0.39, 0.29) is 30.6 Å². The summed E-state index contributed by atoms with van der Waals surface area (Å²) in [6.07, 6.45) is -3.99. The summed E-state index contributed by atoms with van der Waals surface area (Å²) in [5, 5.41) is 15.4. The smallest absolute Gasteiger partial charge is 0.390 e. The number of nitrogens with one attached hydrogen (secondary N) is 2. The molecule has 1 aliphatic rings. The van der Waals surface area contributed by atoms with E-state index in [9.17, 15) is 31.1 Å². The Labute approximate surface area is 173 Å². The fraction of sp³-hybridized carbons (Fsp3) is 0.533. The zero-order valence-corrected chi connectivity index (χ0v) is 17.4. The van der Waals surface area contributed by atoms with E-state index in [0.29, 0.717) is 11.3 Å². The molecule has 0 aliphatic carbocycles. The molecule has 1 saturated heterocycles. The summed E-state index contributed by atoms with van der Waals surface area (Å²) in [5.74, 6) is -1.26. The first-order valence-electron chi connectivity index (χ1n) is 8.58. The number of rotatable bonds is 5. The maximum absolute atomic E-state index is 14.3. The number of alkyl halides is 3. The van der Waals surface area contributed by atoms with Crippen LogP contribution in [0.1, 0.15) is 12.1 Å². The second-order valence-corrected chi connectivity index (χ2v) is 9.54. The van der Waals surface area contributed by atoms with Crippen molar-refractivity contribution in [1.82, 2.24) is 19.3 Å². The van der Waals surface area contributed by atoms with Gasteiger partial charge in [-0.15, -0.1) is 0 Å². The number of sulfonamides is 1. The van der Waals surface area contributed by atoms with E-state index in [1.54, 1.807) is 0 Å². The zero-order valence-electron chi connectivity index (χ0n) is 15.7. The molecule has 0 saturated carbocycles. The second-order valence-electron chi connectivity index (χ2n) is 6.56. The summed E-state index contributed by atoms with van der Waals surface area (Å²) in [7, 11) is -2.09. The Balaban J connectivity index is 1.88. The molecule has 1 aliphatic heterocycles. The molecule has 2 aromatic rings. The van der Waals surface area contributed by atoms with Gasteiger partial charge in [0.15, 0.2) is 16.6 Å². The van der Waals surface area contributed by atoms with Gasteiger partial charge in [-0.1, -0.05) is 11.3 Å². The first kappa shape index (κ1) is 22.6. The zero-order chi connectivity index (χ0) is 22.3. The van der Waals surface area contributed by atoms with Crippen molar-refractivity contribution in [3.8, 4) is 10.6 Å². The third kappa shape index (κ3) is 4.79. The van der Waals surface area contributed by atoms with Crippen LogP contribution in [0, 0.1) is 5.82 Å². The summed E-state index contributed by atoms with van der Waals surface area (Å²) in [4.78, 5) is 10.5. The van der Waals surface area contributed by atoms with Gasteiger partial charge in [0, 0.05) is 20.1 Å². The van der Waals surface area contributed by atoms with Crippen molar-refractivity contribution in [1.29, 1.82) is 0 Å². The fourth-order valence-corrected chi connectivity index (χ4v) is 4.70. The number of β-amino-alcohol motifs (C(OH)–C–C–N with tert-alkyl or cyclic N) is 1. The molecular formula is C15H18F4N6O3S2. The van der Waals surface area contributed by atoms with E-state index >= 15 is 0 Å². The highest BCUT2D eigenvalue weighted by Crippen LogP contribution is 2.42. The summed E-state index contributed by atoms with van der Waals surface area (Å²) in [6.45, 7) is -0.0383. The number of halogens is 4. The maximum Gasteiger partial charge on any atom is 0.434 e. The van der Waals surface area contributed by atoms with Crippen LogP contribution in [0.3, 0.4) is 0 Å². The first-order chi connectivity index (χ1) is 13.9. The number of anilines is 2. The minimum atomic E-state index is -4.82. The molecule has 3 heterocycles. The van der Waals surface area contributed by atoms with Crippen LogP contribution in [-0.4, -0.2) is 71.3 Å². The molecule has 0 radical (unpaired) electrons. The number of hydrogen-bond donors (Lipinski definition) is 3. The Hall–Kier alpha value is -2.10. The molecule has 9 nitrogen and oxygen atoms in total. The number of aliphatic hydroxyl groups is 1. The summed E-state index contributed by atoms with van der Waals surface area (Å²) < 4.78 is 78.6. The van der Waals surface area contributed by atoms with Crippen LogP contribution in [-0.2, 0) is 16.2 Å². The van der Waals surface area contributed by atoms with Gasteiger partial charge in [0.1, 0.15) is 5.69 Å². The van der Waals surface area contributed by atoms with Crippen molar-refractivity contribution in [2.24, 2.45) is 0 Å². The van der Waals surface area contributed by atoms with E-state index in [4.69, 9.17) is 0 Å². The number of thiazole rings is 1. The van der Waals surface area contributed by atoms with Gasteiger partial charge in [-0.3, -0.25) is 0 Å². The third-order valence-corrected chi connectivity index (χ3v) is 6.75. The molecule has 166 valence electrons. The molecule has 3 N–H and O–H groups in total. The lowest BCUT2D eigenvalue weighted by atomic mass is 10.0. The number of piperidine rings is 1. The van der Waals surface area contributed by atoms with Gasteiger partial charge in [-0.05, 0) is 6.42 Å². The maximum atomic E-state index is 14.3. The van der Waals surface area contributed by atoms with Gasteiger partial charge in [-0.2, -0.15) is 17.5 Å². The summed E-state index contributed by atoms with van der Waals surface area (Å²) >= 11 is 0.589. The van der Waals surface area contributed by atoms with Crippen molar-refractivity contribution < 1.29 is 31.1 Å². The van der Waals surface area contributed by atoms with E-state index in [1.807, 2.05) is 0 Å². The van der Waals surface area contributed by atoms with Gasteiger partial charge >= 0.3 is 6.18 Å². The highest BCUT2D eigenvalue weighted by atomic mass is 32.2. The van der Waals surface area contributed by atoms with E-state index in [1.165, 1.54) is 7.05 Å². The lowest BCUT2D eigenvalue weighted by Crippen LogP contribution is -2.51. The van der Waals surface area contributed by atoms with Gasteiger partial charge < -0.3 is 15.7 Å². The number of hydrogen-bond acceptors (Lipinski definition) is 9. The largest absolute Gasteiger partial charge is 0.434 e. The highest BCUT2D eigenvalue weighted by Gasteiger charge is 2.39. The summed E-state index contributed by atoms with van der Waals surface area (Å²) in [5.41, 5.74) is -1.86. The van der Waals surface area contributed by atoms with Crippen molar-refractivity contribution in [3.63, 3.8) is 0 Å². The van der Waals surface area contributed by atoms with Crippen molar-refractivity contribution in [2.75, 3.05) is 37.0 Å². The Kier molecular flexibility index (Phi) is 6.18. The Morgan fingerprint density at radius 1 is 1.33 bits per heavy atom. The first-order valence-corrected chi connectivity index (χ1v) is 11.2. The number of aromatic nitrogens is 3. The van der Waals surface area contributed by atoms with Crippen molar-refractivity contribution in [2.45, 2.75) is 24.7 Å². The lowest BCUT2D eigenvalue weighted by molar-refractivity contribution is -0.140. The standard InChI is InChI=1S/C15H18F4N6O3S2/c1-20-14-24-12(15(17,18)19)11(29-14)10-7(16)5-21-13(23-10)22-8-3-4-25(6-9(8)26)30(2,27)28/h5,8-9,26H,3-4,6H2,1-2H3,(H,20,24)(H,21,22,23)/t8-,9-/m1/s1. The molecule has 0 bridgehead atoms. The average Bonchev–Trinajstić information content (AvgIpc) is 3.09. The average molecular weight is 470 g/mol. The number of aliphatic hydroxyl groups excluding tert-OH is 1. The molecule has 0 spiro atoms. The molecule has 1 fully saturated rings. The number of nitrogens with zero attached hydrogens (tertiary/aromatic N) is 4. The van der Waals surface area contributed by atoms with Gasteiger partial charge in [-0.25, -0.2) is 27.8 Å². The Morgan fingerprint density at radius 3 is 2.60 bits per heavy atom. The molecule has 30 heavy (non-hydrogen) atoms. The quantitative estimate of drug-likeness (QED) is 0.564. The van der Waals surface area contributed by atoms with Gasteiger partial charge in [0.05, 0.1) is 29.5 Å². The third-order valence-electron chi connectivity index (χ3n) is 4.40. The molecule has 3 rings (SSSR count). The van der Waals surface area contributed by atoms with Crippen LogP contribution in [0.25, 0.3) is 10.6 Å². The second kappa shape index (κ2) is 8.20. The minimum absolute atomic E-state index is 0.0617. The molecular weight excluding hydrogens is 452 g/mol. The van der Waals surface area contributed by atoms with E-state index < -0.39 is 50.4 Å². The fourth-order valence-electron chi connectivity index (χ4n) is 2.91. The monoisotopic (exact) mass is 470 g/mol. The van der Waals surface area contributed by atoms with Gasteiger partial charge in [0.2, 0.25) is 16.0 Å². The lowest BCUT2D eigenvalue weighted by Gasteiger charge is -2.34. The molecule has 2 aromatic heterocycles. The molecule has 2 atom stereocenters. The highest BCUT2D eigenvalue weighted by molar-refractivity contribution is 7.88. The molecule has 0 amide bonds.